The van der Waals surface area contributed by atoms with E-state index in [9.17, 15) is 10.1 Å². The SMILES string of the molecule is CC1(CNCc2ccc(Br)c([N+](=O)[O-])c2)CCCO1. The molecule has 0 bridgehead atoms. The average molecular weight is 329 g/mol. The summed E-state index contributed by atoms with van der Waals surface area (Å²) in [5.74, 6) is 0. The first kappa shape index (κ1) is 14.4. The van der Waals surface area contributed by atoms with Gasteiger partial charge in [-0.25, -0.2) is 0 Å². The maximum Gasteiger partial charge on any atom is 0.283 e. The van der Waals surface area contributed by atoms with Crippen molar-refractivity contribution in [2.45, 2.75) is 31.9 Å². The molecule has 0 radical (unpaired) electrons. The molecule has 1 atom stereocenters. The topological polar surface area (TPSA) is 64.4 Å². The molecule has 5 nitrogen and oxygen atoms in total. The van der Waals surface area contributed by atoms with Crippen LogP contribution in [0.2, 0.25) is 0 Å². The first-order chi connectivity index (χ1) is 9.00. The van der Waals surface area contributed by atoms with Crippen LogP contribution in [0, 0.1) is 10.1 Å². The Hall–Kier alpha value is -0.980. The molecule has 1 aromatic rings. The van der Waals surface area contributed by atoms with Gasteiger partial charge in [0.2, 0.25) is 0 Å². The Morgan fingerprint density at radius 3 is 3.00 bits per heavy atom. The van der Waals surface area contributed by atoms with Gasteiger partial charge in [0.25, 0.3) is 5.69 Å². The number of nitro groups is 1. The van der Waals surface area contributed by atoms with Crippen LogP contribution in [0.25, 0.3) is 0 Å². The molecule has 0 aliphatic carbocycles. The molecule has 1 N–H and O–H groups in total. The third-order valence-corrected chi connectivity index (χ3v) is 4.01. The molecule has 1 unspecified atom stereocenters. The van der Waals surface area contributed by atoms with Crippen LogP contribution in [0.3, 0.4) is 0 Å². The Bertz CT molecular complexity index is 473. The standard InChI is InChI=1S/C13H17BrN2O3/c1-13(5-2-6-19-13)9-15-8-10-3-4-11(14)12(7-10)16(17)18/h3-4,7,15H,2,5-6,8-9H2,1H3. The Morgan fingerprint density at radius 1 is 1.58 bits per heavy atom. The Kier molecular flexibility index (Phi) is 4.54. The van der Waals surface area contributed by atoms with E-state index in [0.717, 1.165) is 31.6 Å². The van der Waals surface area contributed by atoms with Crippen molar-refractivity contribution in [3.63, 3.8) is 0 Å². The minimum atomic E-state index is -0.380. The summed E-state index contributed by atoms with van der Waals surface area (Å²) in [7, 11) is 0. The molecule has 1 aromatic carbocycles. The summed E-state index contributed by atoms with van der Waals surface area (Å²) in [6, 6.07) is 5.18. The second-order valence-corrected chi connectivity index (χ2v) is 5.90. The van der Waals surface area contributed by atoms with Gasteiger partial charge in [-0.3, -0.25) is 10.1 Å². The summed E-state index contributed by atoms with van der Waals surface area (Å²) in [5.41, 5.74) is 0.903. The summed E-state index contributed by atoms with van der Waals surface area (Å²) in [6.07, 6.45) is 2.16. The summed E-state index contributed by atoms with van der Waals surface area (Å²) in [5, 5.41) is 14.1. The molecule has 0 saturated carbocycles. The third-order valence-electron chi connectivity index (χ3n) is 3.34. The van der Waals surface area contributed by atoms with Gasteiger partial charge in [-0.05, 0) is 47.3 Å². The van der Waals surface area contributed by atoms with Crippen molar-refractivity contribution in [3.05, 3.63) is 38.3 Å². The fraction of sp³-hybridized carbons (Fsp3) is 0.538. The van der Waals surface area contributed by atoms with E-state index in [1.165, 1.54) is 0 Å². The lowest BCUT2D eigenvalue weighted by Gasteiger charge is -2.23. The number of halogens is 1. The van der Waals surface area contributed by atoms with Crippen molar-refractivity contribution >= 4 is 21.6 Å². The number of hydrogen-bond acceptors (Lipinski definition) is 4. The molecule has 1 heterocycles. The van der Waals surface area contributed by atoms with Crippen LogP contribution in [-0.2, 0) is 11.3 Å². The van der Waals surface area contributed by atoms with Gasteiger partial charge in [-0.15, -0.1) is 0 Å². The zero-order valence-corrected chi connectivity index (χ0v) is 12.4. The molecular weight excluding hydrogens is 312 g/mol. The monoisotopic (exact) mass is 328 g/mol. The second-order valence-electron chi connectivity index (χ2n) is 5.05. The molecule has 6 heteroatoms. The predicted molar refractivity (Wildman–Crippen MR) is 76.1 cm³/mol. The minimum Gasteiger partial charge on any atom is -0.374 e. The van der Waals surface area contributed by atoms with E-state index in [4.69, 9.17) is 4.74 Å². The van der Waals surface area contributed by atoms with Crippen molar-refractivity contribution in [1.29, 1.82) is 0 Å². The smallest absolute Gasteiger partial charge is 0.283 e. The first-order valence-electron chi connectivity index (χ1n) is 6.28. The number of ether oxygens (including phenoxy) is 1. The third kappa shape index (κ3) is 3.75. The molecule has 0 amide bonds. The van der Waals surface area contributed by atoms with E-state index in [1.807, 2.05) is 6.07 Å². The van der Waals surface area contributed by atoms with Crippen LogP contribution >= 0.6 is 15.9 Å². The molecule has 104 valence electrons. The molecule has 1 fully saturated rings. The summed E-state index contributed by atoms with van der Waals surface area (Å²) in [6.45, 7) is 4.28. The van der Waals surface area contributed by atoms with Gasteiger partial charge in [0.1, 0.15) is 0 Å². The van der Waals surface area contributed by atoms with Gasteiger partial charge >= 0.3 is 0 Å². The number of nitro benzene ring substituents is 1. The van der Waals surface area contributed by atoms with Crippen molar-refractivity contribution in [2.24, 2.45) is 0 Å². The lowest BCUT2D eigenvalue weighted by Crippen LogP contribution is -2.36. The average Bonchev–Trinajstić information content (AvgIpc) is 2.78. The molecule has 0 aromatic heterocycles. The van der Waals surface area contributed by atoms with Crippen LogP contribution in [0.4, 0.5) is 5.69 Å². The van der Waals surface area contributed by atoms with E-state index in [1.54, 1.807) is 12.1 Å². The fourth-order valence-electron chi connectivity index (χ4n) is 2.26. The Labute approximate surface area is 120 Å². The Morgan fingerprint density at radius 2 is 2.37 bits per heavy atom. The number of benzene rings is 1. The van der Waals surface area contributed by atoms with Gasteiger partial charge in [0.15, 0.2) is 0 Å². The zero-order valence-electron chi connectivity index (χ0n) is 10.8. The highest BCUT2D eigenvalue weighted by Crippen LogP contribution is 2.26. The zero-order chi connectivity index (χ0) is 13.9. The number of hydrogen-bond donors (Lipinski definition) is 1. The van der Waals surface area contributed by atoms with E-state index >= 15 is 0 Å². The highest BCUT2D eigenvalue weighted by atomic mass is 79.9. The minimum absolute atomic E-state index is 0.0959. The van der Waals surface area contributed by atoms with Crippen LogP contribution in [0.15, 0.2) is 22.7 Å². The van der Waals surface area contributed by atoms with E-state index in [-0.39, 0.29) is 16.2 Å². The molecule has 0 spiro atoms. The van der Waals surface area contributed by atoms with Crippen molar-refractivity contribution in [2.75, 3.05) is 13.2 Å². The molecule has 1 aliphatic heterocycles. The molecular formula is C13H17BrN2O3. The Balaban J connectivity index is 1.92. The van der Waals surface area contributed by atoms with Crippen LogP contribution < -0.4 is 5.32 Å². The van der Waals surface area contributed by atoms with Gasteiger partial charge in [-0.1, -0.05) is 6.07 Å². The van der Waals surface area contributed by atoms with Crippen molar-refractivity contribution in [1.82, 2.24) is 5.32 Å². The first-order valence-corrected chi connectivity index (χ1v) is 7.07. The van der Waals surface area contributed by atoms with Gasteiger partial charge < -0.3 is 10.1 Å². The fourth-order valence-corrected chi connectivity index (χ4v) is 2.65. The normalized spacial score (nSPS) is 22.6. The van der Waals surface area contributed by atoms with Gasteiger partial charge in [0.05, 0.1) is 15.0 Å². The largest absolute Gasteiger partial charge is 0.374 e. The van der Waals surface area contributed by atoms with Crippen molar-refractivity contribution < 1.29 is 9.66 Å². The summed E-state index contributed by atoms with van der Waals surface area (Å²) < 4.78 is 6.19. The van der Waals surface area contributed by atoms with E-state index in [2.05, 4.69) is 28.2 Å². The molecule has 2 rings (SSSR count). The number of rotatable bonds is 5. The van der Waals surface area contributed by atoms with Crippen LogP contribution in [-0.4, -0.2) is 23.7 Å². The molecule has 1 aliphatic rings. The maximum absolute atomic E-state index is 10.8. The lowest BCUT2D eigenvalue weighted by atomic mass is 10.0. The quantitative estimate of drug-likeness (QED) is 0.666. The summed E-state index contributed by atoms with van der Waals surface area (Å²) >= 11 is 3.18. The number of nitrogens with zero attached hydrogens (tertiary/aromatic N) is 1. The van der Waals surface area contributed by atoms with Gasteiger partial charge in [-0.2, -0.15) is 0 Å². The second kappa shape index (κ2) is 5.98. The van der Waals surface area contributed by atoms with Crippen LogP contribution in [0.5, 0.6) is 0 Å². The van der Waals surface area contributed by atoms with Gasteiger partial charge in [0, 0.05) is 25.8 Å². The summed E-state index contributed by atoms with van der Waals surface area (Å²) in [4.78, 5) is 10.5. The van der Waals surface area contributed by atoms with Crippen molar-refractivity contribution in [3.8, 4) is 0 Å². The predicted octanol–water partition coefficient (Wildman–Crippen LogP) is 3.02. The molecule has 19 heavy (non-hydrogen) atoms. The highest BCUT2D eigenvalue weighted by molar-refractivity contribution is 9.10. The number of nitrogens with one attached hydrogen (secondary N) is 1. The van der Waals surface area contributed by atoms with E-state index in [0.29, 0.717) is 11.0 Å². The maximum atomic E-state index is 10.8. The van der Waals surface area contributed by atoms with E-state index < -0.39 is 0 Å². The van der Waals surface area contributed by atoms with Crippen LogP contribution in [0.1, 0.15) is 25.3 Å². The lowest BCUT2D eigenvalue weighted by molar-refractivity contribution is -0.385. The molecule has 1 saturated heterocycles. The highest BCUT2D eigenvalue weighted by Gasteiger charge is 2.29.